The van der Waals surface area contributed by atoms with Crippen LogP contribution in [0.25, 0.3) is 0 Å². The van der Waals surface area contributed by atoms with Crippen molar-refractivity contribution in [2.45, 2.75) is 13.0 Å². The molecule has 1 aliphatic rings. The molecule has 0 aromatic heterocycles. The Hall–Kier alpha value is -4.20. The molecule has 1 fully saturated rings. The van der Waals surface area contributed by atoms with Crippen LogP contribution in [0.5, 0.6) is 0 Å². The summed E-state index contributed by atoms with van der Waals surface area (Å²) in [6, 6.07) is 19.3. The van der Waals surface area contributed by atoms with E-state index in [4.69, 9.17) is 4.74 Å². The van der Waals surface area contributed by atoms with Crippen LogP contribution in [0.2, 0.25) is 0 Å². The lowest BCUT2D eigenvalue weighted by Crippen LogP contribution is -2.49. The number of para-hydroxylation sites is 1. The van der Waals surface area contributed by atoms with Crippen LogP contribution < -0.4 is 10.2 Å². The number of nitrogens with one attached hydrogen (secondary N) is 1. The number of methoxy groups -OCH3 is 1. The molecule has 3 amide bonds. The maximum absolute atomic E-state index is 13.5. The van der Waals surface area contributed by atoms with Crippen molar-refractivity contribution >= 4 is 29.3 Å². The number of halogens is 1. The van der Waals surface area contributed by atoms with Crippen LogP contribution in [0.1, 0.15) is 32.7 Å². The van der Waals surface area contributed by atoms with Crippen molar-refractivity contribution in [2.24, 2.45) is 0 Å². The SMILES string of the molecule is COC(=O)c1ccccc1NC(=O)c1cccc(N2CCCN(Cc3cccc(F)c3)C2=O)c1. The largest absolute Gasteiger partial charge is 0.465 e. The fraction of sp³-hybridized carbons (Fsp3) is 0.192. The molecule has 1 aliphatic heterocycles. The van der Waals surface area contributed by atoms with Crippen LogP contribution in [-0.4, -0.2) is 43.0 Å². The molecule has 1 saturated heterocycles. The first-order valence-corrected chi connectivity index (χ1v) is 10.9. The minimum absolute atomic E-state index is 0.205. The fourth-order valence-electron chi connectivity index (χ4n) is 3.91. The van der Waals surface area contributed by atoms with Crippen LogP contribution in [0.3, 0.4) is 0 Å². The number of hydrogen-bond acceptors (Lipinski definition) is 4. The van der Waals surface area contributed by atoms with E-state index in [-0.39, 0.29) is 17.4 Å². The predicted octanol–water partition coefficient (Wildman–Crippen LogP) is 4.70. The highest BCUT2D eigenvalue weighted by Gasteiger charge is 2.27. The average Bonchev–Trinajstić information content (AvgIpc) is 2.85. The second kappa shape index (κ2) is 10.2. The lowest BCUT2D eigenvalue weighted by atomic mass is 10.1. The predicted molar refractivity (Wildman–Crippen MR) is 126 cm³/mol. The summed E-state index contributed by atoms with van der Waals surface area (Å²) in [5.74, 6) is -1.31. The van der Waals surface area contributed by atoms with E-state index >= 15 is 0 Å². The number of rotatable bonds is 6. The van der Waals surface area contributed by atoms with Gasteiger partial charge in [-0.3, -0.25) is 9.69 Å². The van der Waals surface area contributed by atoms with Crippen LogP contribution >= 0.6 is 0 Å². The Labute approximate surface area is 196 Å². The zero-order valence-electron chi connectivity index (χ0n) is 18.7. The maximum Gasteiger partial charge on any atom is 0.339 e. The lowest BCUT2D eigenvalue weighted by molar-refractivity contribution is 0.0602. The van der Waals surface area contributed by atoms with Gasteiger partial charge in [0, 0.05) is 30.9 Å². The van der Waals surface area contributed by atoms with Gasteiger partial charge in [-0.2, -0.15) is 0 Å². The summed E-state index contributed by atoms with van der Waals surface area (Å²) in [7, 11) is 1.28. The maximum atomic E-state index is 13.5. The number of esters is 1. The number of carbonyl (C=O) groups is 3. The second-order valence-corrected chi connectivity index (χ2v) is 7.88. The minimum Gasteiger partial charge on any atom is -0.465 e. The molecule has 0 atom stereocenters. The van der Waals surface area contributed by atoms with Crippen LogP contribution in [0.15, 0.2) is 72.8 Å². The van der Waals surface area contributed by atoms with Crippen molar-refractivity contribution in [2.75, 3.05) is 30.4 Å². The van der Waals surface area contributed by atoms with E-state index in [2.05, 4.69) is 5.32 Å². The summed E-state index contributed by atoms with van der Waals surface area (Å²) in [5.41, 5.74) is 2.22. The van der Waals surface area contributed by atoms with Gasteiger partial charge in [0.15, 0.2) is 0 Å². The van der Waals surface area contributed by atoms with E-state index in [0.29, 0.717) is 42.1 Å². The Balaban J connectivity index is 1.51. The molecular formula is C26H24FN3O4. The third-order valence-electron chi connectivity index (χ3n) is 5.57. The standard InChI is InChI=1S/C26H24FN3O4/c1-34-25(32)22-11-2-3-12-23(22)28-24(31)19-8-5-10-21(16-19)30-14-6-13-29(26(30)33)17-18-7-4-9-20(27)15-18/h2-5,7-12,15-16H,6,13-14,17H2,1H3,(H,28,31). The number of carbonyl (C=O) groups excluding carboxylic acids is 3. The zero-order valence-corrected chi connectivity index (χ0v) is 18.7. The van der Waals surface area contributed by atoms with Gasteiger partial charge in [-0.15, -0.1) is 0 Å². The summed E-state index contributed by atoms with van der Waals surface area (Å²) in [5, 5.41) is 2.74. The molecule has 4 rings (SSSR count). The summed E-state index contributed by atoms with van der Waals surface area (Å²) in [6.45, 7) is 1.38. The Morgan fingerprint density at radius 3 is 2.59 bits per heavy atom. The van der Waals surface area contributed by atoms with E-state index in [0.717, 1.165) is 6.42 Å². The van der Waals surface area contributed by atoms with Crippen molar-refractivity contribution in [3.05, 3.63) is 95.3 Å². The minimum atomic E-state index is -0.554. The number of urea groups is 1. The molecule has 8 heteroatoms. The van der Waals surface area contributed by atoms with E-state index in [9.17, 15) is 18.8 Å². The third-order valence-corrected chi connectivity index (χ3v) is 5.57. The monoisotopic (exact) mass is 461 g/mol. The number of anilines is 2. The molecule has 7 nitrogen and oxygen atoms in total. The van der Waals surface area contributed by atoms with Crippen molar-refractivity contribution in [3.63, 3.8) is 0 Å². The lowest BCUT2D eigenvalue weighted by Gasteiger charge is -2.35. The number of nitrogens with zero attached hydrogens (tertiary/aromatic N) is 2. The highest BCUT2D eigenvalue weighted by molar-refractivity contribution is 6.08. The van der Waals surface area contributed by atoms with Crippen molar-refractivity contribution in [1.29, 1.82) is 0 Å². The molecule has 1 heterocycles. The van der Waals surface area contributed by atoms with Gasteiger partial charge in [-0.25, -0.2) is 14.0 Å². The molecule has 1 N–H and O–H groups in total. The van der Waals surface area contributed by atoms with E-state index in [1.54, 1.807) is 70.5 Å². The summed E-state index contributed by atoms with van der Waals surface area (Å²) >= 11 is 0. The van der Waals surface area contributed by atoms with Gasteiger partial charge in [0.05, 0.1) is 18.4 Å². The van der Waals surface area contributed by atoms with Gasteiger partial charge in [-0.1, -0.05) is 30.3 Å². The molecule has 0 bridgehead atoms. The van der Waals surface area contributed by atoms with Gasteiger partial charge in [0.25, 0.3) is 5.91 Å². The number of hydrogen-bond donors (Lipinski definition) is 1. The van der Waals surface area contributed by atoms with E-state index < -0.39 is 11.9 Å². The Bertz CT molecular complexity index is 1230. The fourth-order valence-corrected chi connectivity index (χ4v) is 3.91. The average molecular weight is 461 g/mol. The van der Waals surface area contributed by atoms with Gasteiger partial charge in [0.2, 0.25) is 0 Å². The van der Waals surface area contributed by atoms with Gasteiger partial charge in [0.1, 0.15) is 5.82 Å². The molecule has 3 aromatic carbocycles. The summed E-state index contributed by atoms with van der Waals surface area (Å²) in [4.78, 5) is 41.3. The molecule has 174 valence electrons. The molecule has 0 aliphatic carbocycles. The molecule has 0 saturated carbocycles. The van der Waals surface area contributed by atoms with E-state index in [1.807, 2.05) is 0 Å². The number of amides is 3. The molecular weight excluding hydrogens is 437 g/mol. The molecule has 0 radical (unpaired) electrons. The van der Waals surface area contributed by atoms with Crippen molar-refractivity contribution in [1.82, 2.24) is 4.90 Å². The first kappa shape index (κ1) is 23.0. The summed E-state index contributed by atoms with van der Waals surface area (Å²) in [6.07, 6.45) is 0.740. The van der Waals surface area contributed by atoms with Crippen LogP contribution in [0.4, 0.5) is 20.6 Å². The van der Waals surface area contributed by atoms with Crippen molar-refractivity contribution in [3.8, 4) is 0 Å². The van der Waals surface area contributed by atoms with Crippen molar-refractivity contribution < 1.29 is 23.5 Å². The van der Waals surface area contributed by atoms with Crippen LogP contribution in [-0.2, 0) is 11.3 Å². The molecule has 0 spiro atoms. The zero-order chi connectivity index (χ0) is 24.1. The molecule has 0 unspecified atom stereocenters. The smallest absolute Gasteiger partial charge is 0.339 e. The first-order chi connectivity index (χ1) is 16.5. The van der Waals surface area contributed by atoms with E-state index in [1.165, 1.54) is 19.2 Å². The molecule has 3 aromatic rings. The Morgan fingerprint density at radius 2 is 1.79 bits per heavy atom. The summed E-state index contributed by atoms with van der Waals surface area (Å²) < 4.78 is 18.3. The first-order valence-electron chi connectivity index (χ1n) is 10.9. The van der Waals surface area contributed by atoms with Gasteiger partial charge in [-0.05, 0) is 54.4 Å². The number of ether oxygens (including phenoxy) is 1. The quantitative estimate of drug-likeness (QED) is 0.540. The molecule has 34 heavy (non-hydrogen) atoms. The van der Waals surface area contributed by atoms with Crippen LogP contribution in [0, 0.1) is 5.82 Å². The second-order valence-electron chi connectivity index (χ2n) is 7.88. The Morgan fingerprint density at radius 1 is 1.00 bits per heavy atom. The Kier molecular flexibility index (Phi) is 6.87. The van der Waals surface area contributed by atoms with Gasteiger partial charge < -0.3 is 15.0 Å². The highest BCUT2D eigenvalue weighted by Crippen LogP contribution is 2.24. The highest BCUT2D eigenvalue weighted by atomic mass is 19.1. The number of benzene rings is 3. The normalized spacial score (nSPS) is 13.5. The topological polar surface area (TPSA) is 79.0 Å². The third kappa shape index (κ3) is 5.06. The van der Waals surface area contributed by atoms with Gasteiger partial charge >= 0.3 is 12.0 Å².